The Labute approximate surface area is 178 Å². The maximum Gasteiger partial charge on any atom is 0.286 e. The minimum atomic E-state index is -0.205. The maximum absolute atomic E-state index is 12.5. The van der Waals surface area contributed by atoms with Crippen molar-refractivity contribution in [3.63, 3.8) is 0 Å². The molecule has 1 aliphatic heterocycles. The van der Waals surface area contributed by atoms with Crippen molar-refractivity contribution < 1.29 is 4.79 Å². The van der Waals surface area contributed by atoms with Gasteiger partial charge in [-0.1, -0.05) is 30.4 Å². The highest BCUT2D eigenvalue weighted by atomic mass is 32.1. The minimum Gasteiger partial charge on any atom is -0.347 e. The molecule has 0 atom stereocenters. The Morgan fingerprint density at radius 2 is 2.00 bits per heavy atom. The van der Waals surface area contributed by atoms with Crippen molar-refractivity contribution in [2.24, 2.45) is 0 Å². The molecular formula is C20H24N6OS2. The fourth-order valence-corrected chi connectivity index (χ4v) is 4.78. The first-order valence-corrected chi connectivity index (χ1v) is 11.5. The molecule has 4 rings (SSSR count). The van der Waals surface area contributed by atoms with Crippen LogP contribution < -0.4 is 10.2 Å². The topological polar surface area (TPSA) is 74.2 Å². The second-order valence-electron chi connectivity index (χ2n) is 6.94. The van der Waals surface area contributed by atoms with Gasteiger partial charge < -0.3 is 10.2 Å². The first kappa shape index (κ1) is 19.9. The van der Waals surface area contributed by atoms with Crippen LogP contribution in [0.25, 0.3) is 0 Å². The van der Waals surface area contributed by atoms with Crippen molar-refractivity contribution in [3.8, 4) is 0 Å². The van der Waals surface area contributed by atoms with Crippen LogP contribution in [-0.4, -0.2) is 52.2 Å². The lowest BCUT2D eigenvalue weighted by molar-refractivity contribution is 0.102. The summed E-state index contributed by atoms with van der Waals surface area (Å²) in [4.78, 5) is 21.6. The number of hydrogen-bond acceptors (Lipinski definition) is 8. The van der Waals surface area contributed by atoms with E-state index in [4.69, 9.17) is 0 Å². The summed E-state index contributed by atoms with van der Waals surface area (Å²) < 4.78 is 0. The third-order valence-corrected chi connectivity index (χ3v) is 6.66. The number of nitrogens with one attached hydrogen (secondary N) is 1. The van der Waals surface area contributed by atoms with E-state index in [1.54, 1.807) is 11.3 Å². The first-order chi connectivity index (χ1) is 14.2. The molecule has 7 nitrogen and oxygen atoms in total. The van der Waals surface area contributed by atoms with Gasteiger partial charge in [-0.3, -0.25) is 9.69 Å². The summed E-state index contributed by atoms with van der Waals surface area (Å²) in [5.41, 5.74) is 2.02. The number of benzene rings is 1. The molecule has 152 valence electrons. The van der Waals surface area contributed by atoms with Gasteiger partial charge >= 0.3 is 0 Å². The van der Waals surface area contributed by atoms with Crippen molar-refractivity contribution in [1.29, 1.82) is 0 Å². The Balaban J connectivity index is 1.32. The molecule has 3 heterocycles. The van der Waals surface area contributed by atoms with E-state index in [1.807, 2.05) is 35.8 Å². The van der Waals surface area contributed by atoms with Gasteiger partial charge in [-0.2, -0.15) is 0 Å². The van der Waals surface area contributed by atoms with Gasteiger partial charge in [0.15, 0.2) is 5.13 Å². The van der Waals surface area contributed by atoms with Gasteiger partial charge in [-0.05, 0) is 30.5 Å². The highest BCUT2D eigenvalue weighted by Crippen LogP contribution is 2.20. The van der Waals surface area contributed by atoms with E-state index < -0.39 is 0 Å². The van der Waals surface area contributed by atoms with E-state index in [9.17, 15) is 4.79 Å². The predicted molar refractivity (Wildman–Crippen MR) is 118 cm³/mol. The van der Waals surface area contributed by atoms with Gasteiger partial charge in [-0.25, -0.2) is 4.98 Å². The number of thiazole rings is 1. The molecular weight excluding hydrogens is 404 g/mol. The Morgan fingerprint density at radius 1 is 1.14 bits per heavy atom. The van der Waals surface area contributed by atoms with Crippen LogP contribution in [-0.2, 0) is 13.0 Å². The first-order valence-electron chi connectivity index (χ1n) is 9.80. The molecule has 0 spiro atoms. The number of carbonyl (C=O) groups is 1. The zero-order valence-electron chi connectivity index (χ0n) is 16.4. The normalized spacial score (nSPS) is 15.3. The monoisotopic (exact) mass is 428 g/mol. The van der Waals surface area contributed by atoms with Crippen LogP contribution in [0.5, 0.6) is 0 Å². The molecule has 2 aromatic heterocycles. The summed E-state index contributed by atoms with van der Waals surface area (Å²) in [5, 5.41) is 15.6. The molecule has 1 amide bonds. The summed E-state index contributed by atoms with van der Waals surface area (Å²) in [6, 6.07) is 7.89. The van der Waals surface area contributed by atoms with Gasteiger partial charge in [0.05, 0.1) is 6.54 Å². The van der Waals surface area contributed by atoms with E-state index >= 15 is 0 Å². The summed E-state index contributed by atoms with van der Waals surface area (Å²) >= 11 is 3.05. The lowest BCUT2D eigenvalue weighted by Crippen LogP contribution is -2.30. The van der Waals surface area contributed by atoms with Crippen molar-refractivity contribution >= 4 is 39.4 Å². The second kappa shape index (κ2) is 9.43. The Morgan fingerprint density at radius 3 is 2.76 bits per heavy atom. The quantitative estimate of drug-likeness (QED) is 0.648. The molecule has 29 heavy (non-hydrogen) atoms. The molecule has 0 radical (unpaired) electrons. The molecule has 1 aliphatic rings. The lowest BCUT2D eigenvalue weighted by atomic mass is 10.1. The molecule has 9 heteroatoms. The van der Waals surface area contributed by atoms with Gasteiger partial charge in [-0.15, -0.1) is 21.5 Å². The standard InChI is InChI=1S/C20H24N6OS2/c1-2-15-4-6-16(7-5-15)22-18(27)19-24-23-17(29-19)14-25-9-3-10-26(12-11-25)20-21-8-13-28-20/h4-8,13H,2-3,9-12,14H2,1H3,(H,22,27). The molecule has 1 saturated heterocycles. The number of rotatable bonds is 6. The van der Waals surface area contributed by atoms with Gasteiger partial charge in [0.25, 0.3) is 5.91 Å². The lowest BCUT2D eigenvalue weighted by Gasteiger charge is -2.20. The molecule has 3 aromatic rings. The van der Waals surface area contributed by atoms with Crippen LogP contribution in [0.3, 0.4) is 0 Å². The molecule has 1 fully saturated rings. The van der Waals surface area contributed by atoms with Gasteiger partial charge in [0.2, 0.25) is 5.01 Å². The van der Waals surface area contributed by atoms with Crippen LogP contribution >= 0.6 is 22.7 Å². The van der Waals surface area contributed by atoms with E-state index in [-0.39, 0.29) is 5.91 Å². The summed E-state index contributed by atoms with van der Waals surface area (Å²) in [6.45, 7) is 6.76. The number of carbonyl (C=O) groups excluding carboxylic acids is 1. The number of anilines is 2. The van der Waals surface area contributed by atoms with Gasteiger partial charge in [0, 0.05) is 43.4 Å². The highest BCUT2D eigenvalue weighted by molar-refractivity contribution is 7.13. The van der Waals surface area contributed by atoms with Crippen molar-refractivity contribution in [1.82, 2.24) is 20.1 Å². The summed E-state index contributed by atoms with van der Waals surface area (Å²) in [5.74, 6) is -0.205. The van der Waals surface area contributed by atoms with Crippen LogP contribution in [0.1, 0.15) is 33.7 Å². The number of hydrogen-bond donors (Lipinski definition) is 1. The van der Waals surface area contributed by atoms with Crippen molar-refractivity contribution in [3.05, 3.63) is 51.4 Å². The number of aryl methyl sites for hydroxylation is 1. The Bertz CT molecular complexity index is 925. The number of aromatic nitrogens is 3. The Hall–Kier alpha value is -2.36. The number of nitrogens with zero attached hydrogens (tertiary/aromatic N) is 5. The van der Waals surface area contributed by atoms with E-state index in [2.05, 4.69) is 37.2 Å². The van der Waals surface area contributed by atoms with Crippen LogP contribution in [0, 0.1) is 0 Å². The van der Waals surface area contributed by atoms with Crippen molar-refractivity contribution in [2.75, 3.05) is 36.4 Å². The SMILES string of the molecule is CCc1ccc(NC(=O)c2nnc(CN3CCCN(c4nccs4)CC3)s2)cc1. The van der Waals surface area contributed by atoms with Gasteiger partial charge in [0.1, 0.15) is 5.01 Å². The Kier molecular flexibility index (Phi) is 6.48. The average molecular weight is 429 g/mol. The molecule has 1 N–H and O–H groups in total. The third-order valence-electron chi connectivity index (χ3n) is 4.92. The molecule has 1 aromatic carbocycles. The molecule has 0 aliphatic carbocycles. The van der Waals surface area contributed by atoms with E-state index in [1.165, 1.54) is 16.9 Å². The zero-order chi connectivity index (χ0) is 20.1. The maximum atomic E-state index is 12.5. The predicted octanol–water partition coefficient (Wildman–Crippen LogP) is 3.52. The number of amides is 1. The second-order valence-corrected chi connectivity index (χ2v) is 8.87. The third kappa shape index (κ3) is 5.17. The molecule has 0 bridgehead atoms. The summed E-state index contributed by atoms with van der Waals surface area (Å²) in [6.07, 6.45) is 3.92. The van der Waals surface area contributed by atoms with Crippen LogP contribution in [0.2, 0.25) is 0 Å². The zero-order valence-corrected chi connectivity index (χ0v) is 18.0. The van der Waals surface area contributed by atoms with E-state index in [0.29, 0.717) is 5.01 Å². The smallest absolute Gasteiger partial charge is 0.286 e. The van der Waals surface area contributed by atoms with Crippen molar-refractivity contribution in [2.45, 2.75) is 26.3 Å². The fraction of sp³-hybridized carbons (Fsp3) is 0.400. The molecule has 0 saturated carbocycles. The molecule has 0 unspecified atom stereocenters. The highest BCUT2D eigenvalue weighted by Gasteiger charge is 2.19. The largest absolute Gasteiger partial charge is 0.347 e. The minimum absolute atomic E-state index is 0.205. The summed E-state index contributed by atoms with van der Waals surface area (Å²) in [7, 11) is 0. The van der Waals surface area contributed by atoms with E-state index in [0.717, 1.165) is 61.4 Å². The average Bonchev–Trinajstić information content (AvgIpc) is 3.38. The van der Waals surface area contributed by atoms with Crippen LogP contribution in [0.4, 0.5) is 10.8 Å². The van der Waals surface area contributed by atoms with Crippen LogP contribution in [0.15, 0.2) is 35.8 Å². The fourth-order valence-electron chi connectivity index (χ4n) is 3.30.